The number of rotatable bonds is 6. The molecule has 3 aromatic carbocycles. The summed E-state index contributed by atoms with van der Waals surface area (Å²) in [6, 6.07) is 19.0. The Balaban J connectivity index is 0.000000720. The highest BCUT2D eigenvalue weighted by atomic mass is 14.4. The number of fused-ring (bicyclic) bond motifs is 2. The van der Waals surface area contributed by atoms with Crippen LogP contribution in [0.1, 0.15) is 137 Å². The van der Waals surface area contributed by atoms with Gasteiger partial charge in [0, 0.05) is 5.92 Å². The van der Waals surface area contributed by atoms with Gasteiger partial charge in [-0.2, -0.15) is 0 Å². The minimum atomic E-state index is 0.500. The zero-order valence-corrected chi connectivity index (χ0v) is 31.0. The van der Waals surface area contributed by atoms with Crippen LogP contribution >= 0.6 is 0 Å². The molecular weight excluding hydrogens is 565 g/mol. The Morgan fingerprint density at radius 1 is 0.830 bits per heavy atom. The van der Waals surface area contributed by atoms with Crippen molar-refractivity contribution in [1.29, 1.82) is 0 Å². The first-order valence-corrected chi connectivity index (χ1v) is 18.7. The van der Waals surface area contributed by atoms with Gasteiger partial charge >= 0.3 is 0 Å². The van der Waals surface area contributed by atoms with Gasteiger partial charge in [0.15, 0.2) is 0 Å². The molecule has 0 aromatic heterocycles. The monoisotopic (exact) mass is 624 g/mol. The summed E-state index contributed by atoms with van der Waals surface area (Å²) in [5.74, 6) is 4.27. The molecule has 3 aromatic rings. The Morgan fingerprint density at radius 2 is 1.47 bits per heavy atom. The maximum absolute atomic E-state index is 4.29. The molecule has 0 radical (unpaired) electrons. The number of aryl methyl sites for hydroxylation is 2. The lowest BCUT2D eigenvalue weighted by Gasteiger charge is -2.42. The molecule has 0 bridgehead atoms. The van der Waals surface area contributed by atoms with Crippen LogP contribution in [-0.2, 0) is 12.8 Å². The van der Waals surface area contributed by atoms with Crippen LogP contribution in [0.5, 0.6) is 0 Å². The van der Waals surface area contributed by atoms with Crippen LogP contribution in [0, 0.1) is 42.9 Å². The van der Waals surface area contributed by atoms with Crippen LogP contribution in [-0.4, -0.2) is 0 Å². The molecule has 0 aliphatic heterocycles. The quantitative estimate of drug-likeness (QED) is 0.239. The predicted octanol–water partition coefficient (Wildman–Crippen LogP) is 13.6. The second kappa shape index (κ2) is 13.4. The highest BCUT2D eigenvalue weighted by Crippen LogP contribution is 2.51. The van der Waals surface area contributed by atoms with E-state index in [-0.39, 0.29) is 0 Å². The van der Waals surface area contributed by atoms with Crippen LogP contribution < -0.4 is 0 Å². The Morgan fingerprint density at radius 3 is 2.09 bits per heavy atom. The van der Waals surface area contributed by atoms with Crippen LogP contribution in [0.15, 0.2) is 66.8 Å². The van der Waals surface area contributed by atoms with Gasteiger partial charge in [-0.05, 0) is 169 Å². The smallest absolute Gasteiger partial charge is 0.000174 e. The van der Waals surface area contributed by atoms with Crippen molar-refractivity contribution in [2.24, 2.45) is 29.1 Å². The summed E-state index contributed by atoms with van der Waals surface area (Å²) in [5.41, 5.74) is 19.2. The summed E-state index contributed by atoms with van der Waals surface area (Å²) < 4.78 is 0. The van der Waals surface area contributed by atoms with Gasteiger partial charge in [-0.3, -0.25) is 0 Å². The topological polar surface area (TPSA) is 0 Å². The second-order valence-electron chi connectivity index (χ2n) is 17.6. The molecule has 2 saturated carbocycles. The summed E-state index contributed by atoms with van der Waals surface area (Å²) in [6.07, 6.45) is 15.7. The summed E-state index contributed by atoms with van der Waals surface area (Å²) >= 11 is 0. The van der Waals surface area contributed by atoms with E-state index in [2.05, 4.69) is 130 Å². The molecule has 47 heavy (non-hydrogen) atoms. The largest absolute Gasteiger partial charge is 0.0998 e. The lowest BCUT2D eigenvalue weighted by molar-refractivity contribution is 0.101. The Kier molecular flexibility index (Phi) is 9.64. The highest BCUT2D eigenvalue weighted by molar-refractivity contribution is 5.94. The Bertz CT molecular complexity index is 1680. The number of benzene rings is 3. The minimum absolute atomic E-state index is 0.500. The van der Waals surface area contributed by atoms with E-state index in [0.29, 0.717) is 11.3 Å². The van der Waals surface area contributed by atoms with E-state index >= 15 is 0 Å². The number of hydrogen-bond donors (Lipinski definition) is 0. The second-order valence-corrected chi connectivity index (χ2v) is 17.6. The fraction of sp³-hybridized carbons (Fsp3) is 0.489. The van der Waals surface area contributed by atoms with E-state index in [1.807, 2.05) is 0 Å². The first-order valence-electron chi connectivity index (χ1n) is 18.7. The summed E-state index contributed by atoms with van der Waals surface area (Å²) in [6.45, 7) is 24.5. The average Bonchev–Trinajstić information content (AvgIpc) is 3.56. The van der Waals surface area contributed by atoms with Crippen molar-refractivity contribution in [2.75, 3.05) is 0 Å². The molecule has 0 nitrogen and oxygen atoms in total. The van der Waals surface area contributed by atoms with Gasteiger partial charge in [-0.1, -0.05) is 114 Å². The zero-order chi connectivity index (χ0) is 33.6. The predicted molar refractivity (Wildman–Crippen MR) is 207 cm³/mol. The molecule has 2 fully saturated rings. The van der Waals surface area contributed by atoms with E-state index < -0.39 is 0 Å². The molecule has 0 N–H and O–H groups in total. The maximum atomic E-state index is 4.29. The summed E-state index contributed by atoms with van der Waals surface area (Å²) in [5, 5.41) is 0. The molecule has 1 unspecified atom stereocenters. The number of allylic oxidation sites excluding steroid dienone is 4. The molecule has 0 heteroatoms. The van der Waals surface area contributed by atoms with Gasteiger partial charge in [-0.25, -0.2) is 0 Å². The third-order valence-corrected chi connectivity index (χ3v) is 11.3. The molecule has 0 spiro atoms. The zero-order valence-electron chi connectivity index (χ0n) is 31.0. The Hall–Kier alpha value is -3.12. The van der Waals surface area contributed by atoms with Gasteiger partial charge in [0.2, 0.25) is 0 Å². The third kappa shape index (κ3) is 7.48. The third-order valence-electron chi connectivity index (χ3n) is 11.3. The van der Waals surface area contributed by atoms with Crippen molar-refractivity contribution in [3.8, 4) is 11.1 Å². The summed E-state index contributed by atoms with van der Waals surface area (Å²) in [7, 11) is 0. The van der Waals surface area contributed by atoms with E-state index in [4.69, 9.17) is 0 Å². The normalized spacial score (nSPS) is 24.7. The van der Waals surface area contributed by atoms with Crippen molar-refractivity contribution in [3.63, 3.8) is 0 Å². The molecule has 0 heterocycles. The van der Waals surface area contributed by atoms with Gasteiger partial charge < -0.3 is 0 Å². The van der Waals surface area contributed by atoms with E-state index in [1.165, 1.54) is 94.2 Å². The summed E-state index contributed by atoms with van der Waals surface area (Å²) in [4.78, 5) is 0. The van der Waals surface area contributed by atoms with Crippen molar-refractivity contribution in [2.45, 2.75) is 120 Å². The van der Waals surface area contributed by atoms with Gasteiger partial charge in [0.25, 0.3) is 0 Å². The fourth-order valence-corrected chi connectivity index (χ4v) is 8.92. The lowest BCUT2D eigenvalue weighted by Crippen LogP contribution is -2.31. The molecule has 4 aliphatic carbocycles. The number of hydrogen-bond acceptors (Lipinski definition) is 0. The van der Waals surface area contributed by atoms with Crippen molar-refractivity contribution < 1.29 is 0 Å². The minimum Gasteiger partial charge on any atom is -0.0998 e. The van der Waals surface area contributed by atoms with Gasteiger partial charge in [-0.15, -0.1) is 0 Å². The fourth-order valence-electron chi connectivity index (χ4n) is 8.92. The highest BCUT2D eigenvalue weighted by Gasteiger charge is 2.37. The Labute approximate surface area is 287 Å². The first-order chi connectivity index (χ1) is 22.2. The molecule has 248 valence electrons. The van der Waals surface area contributed by atoms with Crippen LogP contribution in [0.4, 0.5) is 0 Å². The molecule has 7 rings (SSSR count). The van der Waals surface area contributed by atoms with Gasteiger partial charge in [0.1, 0.15) is 0 Å². The average molecular weight is 625 g/mol. The van der Waals surface area contributed by atoms with E-state index in [9.17, 15) is 0 Å². The van der Waals surface area contributed by atoms with E-state index in [0.717, 1.165) is 36.5 Å². The van der Waals surface area contributed by atoms with Crippen LogP contribution in [0.25, 0.3) is 28.3 Å². The van der Waals surface area contributed by atoms with Crippen molar-refractivity contribution in [1.82, 2.24) is 0 Å². The van der Waals surface area contributed by atoms with Crippen LogP contribution in [0.2, 0.25) is 0 Å². The molecule has 1 atom stereocenters. The van der Waals surface area contributed by atoms with Crippen molar-refractivity contribution >= 4 is 17.2 Å². The molecule has 0 saturated heterocycles. The maximum Gasteiger partial charge on any atom is 0.000174 e. The van der Waals surface area contributed by atoms with Crippen molar-refractivity contribution in [3.05, 3.63) is 111 Å². The molecule has 4 aliphatic rings. The van der Waals surface area contributed by atoms with Crippen LogP contribution in [0.3, 0.4) is 0 Å². The first kappa shape index (κ1) is 33.8. The SMILES string of the molecule is C=C(C)Cc1c(C)cc2c(c1-c1ccc(C)cc1)CC(c1ccc3c(c1)C(C1CCC(C4CC(C)C4)CC1)=CC3C)=C2.CC(C)(C)C. The molecule has 0 amide bonds. The van der Waals surface area contributed by atoms with Gasteiger partial charge in [0.05, 0.1) is 0 Å². The molecular formula is C47H60. The standard InChI is InChI=1S/C42H48.C5H12/c1-25(2)17-38-28(5)20-36-22-35(24-40(36)42(38)32-9-7-26(3)8-10-32)33-15-16-37-29(6)21-39(41(37)23-33)31-13-11-30(12-14-31)34-18-27(4)19-34;1-5(2,3)4/h7-10,15-16,20-23,27,29-31,34H,1,11-14,17-19,24H2,2-6H3;1-4H3. The lowest BCUT2D eigenvalue weighted by atomic mass is 9.63. The van der Waals surface area contributed by atoms with E-state index in [1.54, 1.807) is 16.7 Å².